The number of hydrogen-bond donors (Lipinski definition) is 2. The first-order valence-corrected chi connectivity index (χ1v) is 6.37. The van der Waals surface area contributed by atoms with Gasteiger partial charge in [0.05, 0.1) is 0 Å². The molecule has 0 fully saturated rings. The van der Waals surface area contributed by atoms with E-state index in [-0.39, 0.29) is 6.04 Å². The second-order valence-corrected chi connectivity index (χ2v) is 4.44. The normalized spacial score (nSPS) is 13.9. The van der Waals surface area contributed by atoms with Gasteiger partial charge in [0.25, 0.3) is 5.91 Å². The fourth-order valence-corrected chi connectivity index (χ4v) is 1.70. The summed E-state index contributed by atoms with van der Waals surface area (Å²) in [5.74, 6) is 0.231. The van der Waals surface area contributed by atoms with Crippen LogP contribution in [0.5, 0.6) is 5.75 Å². The van der Waals surface area contributed by atoms with E-state index in [1.165, 1.54) is 0 Å². The van der Waals surface area contributed by atoms with E-state index in [2.05, 4.69) is 6.92 Å². The van der Waals surface area contributed by atoms with Gasteiger partial charge in [-0.2, -0.15) is 0 Å². The van der Waals surface area contributed by atoms with Crippen LogP contribution in [-0.4, -0.2) is 18.1 Å². The van der Waals surface area contributed by atoms with Gasteiger partial charge < -0.3 is 16.2 Å². The molecule has 1 aromatic rings. The van der Waals surface area contributed by atoms with Crippen molar-refractivity contribution in [2.45, 2.75) is 45.3 Å². The second-order valence-electron chi connectivity index (χ2n) is 4.44. The maximum absolute atomic E-state index is 11.1. The summed E-state index contributed by atoms with van der Waals surface area (Å²) in [5, 5.41) is 0. The zero-order valence-electron chi connectivity index (χ0n) is 11.1. The Morgan fingerprint density at radius 1 is 1.33 bits per heavy atom. The Hall–Kier alpha value is -1.55. The van der Waals surface area contributed by atoms with Crippen LogP contribution in [0.2, 0.25) is 0 Å². The fraction of sp³-hybridized carbons (Fsp3) is 0.500. The molecule has 2 atom stereocenters. The first-order valence-electron chi connectivity index (χ1n) is 6.37. The van der Waals surface area contributed by atoms with Crippen LogP contribution in [0.1, 0.15) is 32.3 Å². The van der Waals surface area contributed by atoms with Gasteiger partial charge in [0.15, 0.2) is 6.10 Å². The largest absolute Gasteiger partial charge is 0.481 e. The molecule has 0 spiro atoms. The molecule has 100 valence electrons. The molecule has 4 N–H and O–H groups in total. The summed E-state index contributed by atoms with van der Waals surface area (Å²) in [6.07, 6.45) is 1.74. The molecule has 1 aromatic carbocycles. The maximum Gasteiger partial charge on any atom is 0.258 e. The topological polar surface area (TPSA) is 78.3 Å². The minimum absolute atomic E-state index is 0.151. The average molecular weight is 250 g/mol. The average Bonchev–Trinajstić information content (AvgIpc) is 2.35. The Labute approximate surface area is 108 Å². The van der Waals surface area contributed by atoms with Crippen molar-refractivity contribution in [2.75, 3.05) is 0 Å². The van der Waals surface area contributed by atoms with Crippen LogP contribution in [0.15, 0.2) is 24.3 Å². The van der Waals surface area contributed by atoms with Crippen molar-refractivity contribution in [1.82, 2.24) is 0 Å². The lowest BCUT2D eigenvalue weighted by Crippen LogP contribution is -2.33. The van der Waals surface area contributed by atoms with Gasteiger partial charge in [-0.1, -0.05) is 26.0 Å². The van der Waals surface area contributed by atoms with Gasteiger partial charge in [0.1, 0.15) is 5.75 Å². The lowest BCUT2D eigenvalue weighted by atomic mass is 10.0. The fourth-order valence-electron chi connectivity index (χ4n) is 1.70. The first-order chi connectivity index (χ1) is 8.56. The third-order valence-corrected chi connectivity index (χ3v) is 2.89. The predicted octanol–water partition coefficient (Wildman–Crippen LogP) is 1.61. The molecule has 2 unspecified atom stereocenters. The standard InChI is InChI=1S/C14H22N2O2/c1-3-11(15)8-10-6-5-7-12(9-10)18-13(4-2)14(16)17/h5-7,9,11,13H,3-4,8,15H2,1-2H3,(H2,16,17). The number of nitrogens with two attached hydrogens (primary N) is 2. The van der Waals surface area contributed by atoms with Crippen molar-refractivity contribution in [3.8, 4) is 5.75 Å². The van der Waals surface area contributed by atoms with Crippen molar-refractivity contribution in [1.29, 1.82) is 0 Å². The highest BCUT2D eigenvalue weighted by atomic mass is 16.5. The van der Waals surface area contributed by atoms with E-state index in [0.29, 0.717) is 12.2 Å². The minimum Gasteiger partial charge on any atom is -0.481 e. The zero-order valence-corrected chi connectivity index (χ0v) is 11.1. The summed E-state index contributed by atoms with van der Waals surface area (Å²) in [4.78, 5) is 11.1. The second kappa shape index (κ2) is 7.01. The van der Waals surface area contributed by atoms with Crippen molar-refractivity contribution >= 4 is 5.91 Å². The van der Waals surface area contributed by atoms with Crippen LogP contribution in [0.25, 0.3) is 0 Å². The summed E-state index contributed by atoms with van der Waals surface area (Å²) in [7, 11) is 0. The molecule has 0 aromatic heterocycles. The Morgan fingerprint density at radius 3 is 2.61 bits per heavy atom. The van der Waals surface area contributed by atoms with Crippen LogP contribution in [0.3, 0.4) is 0 Å². The van der Waals surface area contributed by atoms with E-state index >= 15 is 0 Å². The molecule has 1 rings (SSSR count). The highest BCUT2D eigenvalue weighted by Crippen LogP contribution is 2.17. The maximum atomic E-state index is 11.1. The lowest BCUT2D eigenvalue weighted by Gasteiger charge is -2.15. The smallest absolute Gasteiger partial charge is 0.258 e. The highest BCUT2D eigenvalue weighted by Gasteiger charge is 2.14. The molecular weight excluding hydrogens is 228 g/mol. The molecule has 0 aliphatic carbocycles. The van der Waals surface area contributed by atoms with Crippen LogP contribution in [-0.2, 0) is 11.2 Å². The summed E-state index contributed by atoms with van der Waals surface area (Å²) in [5.41, 5.74) is 12.3. The molecule has 0 bridgehead atoms. The molecule has 1 amide bonds. The summed E-state index contributed by atoms with van der Waals surface area (Å²) in [6, 6.07) is 7.81. The quantitative estimate of drug-likeness (QED) is 0.771. The molecule has 4 nitrogen and oxygen atoms in total. The van der Waals surface area contributed by atoms with Gasteiger partial charge in [0, 0.05) is 6.04 Å². The molecule has 0 saturated carbocycles. The molecule has 0 saturated heterocycles. The molecule has 0 radical (unpaired) electrons. The van der Waals surface area contributed by atoms with Gasteiger partial charge in [0.2, 0.25) is 0 Å². The Morgan fingerprint density at radius 2 is 2.06 bits per heavy atom. The highest BCUT2D eigenvalue weighted by molar-refractivity contribution is 5.79. The van der Waals surface area contributed by atoms with Crippen LogP contribution in [0, 0.1) is 0 Å². The predicted molar refractivity (Wildman–Crippen MR) is 72.3 cm³/mol. The van der Waals surface area contributed by atoms with Crippen molar-refractivity contribution in [3.05, 3.63) is 29.8 Å². The van der Waals surface area contributed by atoms with E-state index in [1.54, 1.807) is 0 Å². The number of primary amides is 1. The summed E-state index contributed by atoms with van der Waals surface area (Å²) < 4.78 is 5.57. The number of carbonyl (C=O) groups excluding carboxylic acids is 1. The van der Waals surface area contributed by atoms with Crippen LogP contribution in [0.4, 0.5) is 0 Å². The van der Waals surface area contributed by atoms with E-state index < -0.39 is 12.0 Å². The third kappa shape index (κ3) is 4.37. The summed E-state index contributed by atoms with van der Waals surface area (Å²) >= 11 is 0. The van der Waals surface area contributed by atoms with Crippen molar-refractivity contribution in [3.63, 3.8) is 0 Å². The molecule has 0 heterocycles. The lowest BCUT2D eigenvalue weighted by molar-refractivity contribution is -0.124. The monoisotopic (exact) mass is 250 g/mol. The Kier molecular flexibility index (Phi) is 5.65. The molecule has 0 aliphatic heterocycles. The molecule has 18 heavy (non-hydrogen) atoms. The number of carbonyl (C=O) groups is 1. The minimum atomic E-state index is -0.569. The van der Waals surface area contributed by atoms with Crippen LogP contribution < -0.4 is 16.2 Å². The van der Waals surface area contributed by atoms with Gasteiger partial charge >= 0.3 is 0 Å². The number of ether oxygens (including phenoxy) is 1. The van der Waals surface area contributed by atoms with E-state index in [0.717, 1.165) is 18.4 Å². The van der Waals surface area contributed by atoms with Crippen molar-refractivity contribution in [2.24, 2.45) is 11.5 Å². The SMILES string of the molecule is CCC(N)Cc1cccc(OC(CC)C(N)=O)c1. The number of rotatable bonds is 7. The van der Waals surface area contributed by atoms with Gasteiger partial charge in [-0.15, -0.1) is 0 Å². The van der Waals surface area contributed by atoms with Gasteiger partial charge in [-0.25, -0.2) is 0 Å². The Bertz CT molecular complexity index is 393. The van der Waals surface area contributed by atoms with E-state index in [9.17, 15) is 4.79 Å². The number of amides is 1. The first kappa shape index (κ1) is 14.5. The van der Waals surface area contributed by atoms with Crippen molar-refractivity contribution < 1.29 is 9.53 Å². The van der Waals surface area contributed by atoms with Crippen LogP contribution >= 0.6 is 0 Å². The summed E-state index contributed by atoms with van der Waals surface area (Å²) in [6.45, 7) is 3.93. The zero-order chi connectivity index (χ0) is 13.5. The Balaban J connectivity index is 2.72. The number of hydrogen-bond acceptors (Lipinski definition) is 3. The van der Waals surface area contributed by atoms with Gasteiger partial charge in [-0.3, -0.25) is 4.79 Å². The number of benzene rings is 1. The molecule has 4 heteroatoms. The van der Waals surface area contributed by atoms with Gasteiger partial charge in [-0.05, 0) is 37.0 Å². The molecule has 0 aliphatic rings. The third-order valence-electron chi connectivity index (χ3n) is 2.89. The molecular formula is C14H22N2O2. The van der Waals surface area contributed by atoms with E-state index in [1.807, 2.05) is 31.2 Å². The van der Waals surface area contributed by atoms with E-state index in [4.69, 9.17) is 16.2 Å².